The first kappa shape index (κ1) is 20.8. The van der Waals surface area contributed by atoms with Crippen molar-refractivity contribution in [2.45, 2.75) is 0 Å². The van der Waals surface area contributed by atoms with Crippen LogP contribution in [-0.4, -0.2) is 54.7 Å². The Balaban J connectivity index is 1.63. The normalized spacial score (nSPS) is 17.5. The lowest BCUT2D eigenvalue weighted by Crippen LogP contribution is -2.45. The summed E-state index contributed by atoms with van der Waals surface area (Å²) in [5, 5.41) is 7.98. The lowest BCUT2D eigenvalue weighted by atomic mass is 10.1. The Morgan fingerprint density at radius 1 is 1.23 bits per heavy atom. The van der Waals surface area contributed by atoms with Gasteiger partial charge >= 0.3 is 5.97 Å². The number of nitrogens with one attached hydrogen (secondary N) is 1. The third-order valence-electron chi connectivity index (χ3n) is 4.33. The number of benzene rings is 1. The summed E-state index contributed by atoms with van der Waals surface area (Å²) in [4.78, 5) is 28.8. The number of esters is 1. The third kappa shape index (κ3) is 3.82. The molecule has 2 aliphatic rings. The number of carbonyl (C=O) groups is 2. The molecular formula is C19H14N4O6S2. The van der Waals surface area contributed by atoms with Gasteiger partial charge in [-0.2, -0.15) is 9.39 Å². The molecule has 0 atom stereocenters. The molecule has 1 N–H and O–H groups in total. The Morgan fingerprint density at radius 3 is 2.58 bits per heavy atom. The number of sulfone groups is 1. The summed E-state index contributed by atoms with van der Waals surface area (Å²) in [5.74, 6) is -0.776. The predicted molar refractivity (Wildman–Crippen MR) is 115 cm³/mol. The van der Waals surface area contributed by atoms with E-state index in [-0.39, 0.29) is 27.5 Å². The van der Waals surface area contributed by atoms with E-state index in [4.69, 9.17) is 9.83 Å². The number of amides is 1. The fourth-order valence-corrected chi connectivity index (χ4v) is 4.70. The molecule has 10 nitrogen and oxygen atoms in total. The van der Waals surface area contributed by atoms with Crippen molar-refractivity contribution in [1.29, 1.82) is 5.41 Å². The van der Waals surface area contributed by atoms with Gasteiger partial charge in [-0.15, -0.1) is 0 Å². The van der Waals surface area contributed by atoms with Gasteiger partial charge in [0.15, 0.2) is 0 Å². The number of carbonyl (C=O) groups excluding carboxylic acids is 2. The number of hydrogen-bond acceptors (Lipinski definition) is 9. The number of nitrogens with zero attached hydrogens (tertiary/aromatic N) is 3. The summed E-state index contributed by atoms with van der Waals surface area (Å²) in [6.45, 7) is 0. The molecule has 0 saturated carbocycles. The molecule has 0 aliphatic carbocycles. The topological polar surface area (TPSA) is 142 Å². The monoisotopic (exact) mass is 458 g/mol. The van der Waals surface area contributed by atoms with E-state index in [0.29, 0.717) is 16.9 Å². The van der Waals surface area contributed by atoms with E-state index in [9.17, 15) is 18.0 Å². The van der Waals surface area contributed by atoms with E-state index in [1.165, 1.54) is 13.2 Å². The maximum Gasteiger partial charge on any atom is 0.337 e. The summed E-state index contributed by atoms with van der Waals surface area (Å²) in [6.07, 6.45) is 2.28. The van der Waals surface area contributed by atoms with Gasteiger partial charge < -0.3 is 9.15 Å². The van der Waals surface area contributed by atoms with Gasteiger partial charge in [0.2, 0.25) is 20.2 Å². The van der Waals surface area contributed by atoms with Crippen molar-refractivity contribution >= 4 is 55.9 Å². The Hall–Kier alpha value is -3.51. The Labute approximate surface area is 180 Å². The SMILES string of the molecule is COC(=O)c1ccc(-c2ccc(/C=C3/C(=N)N4C(=NC3=O)SN=C4S(C)(=O)=O)o2)cc1. The van der Waals surface area contributed by atoms with E-state index in [0.717, 1.165) is 23.1 Å². The number of ether oxygens (including phenoxy) is 1. The Morgan fingerprint density at radius 2 is 1.94 bits per heavy atom. The Kier molecular flexibility index (Phi) is 5.11. The molecule has 4 rings (SSSR count). The standard InChI is InChI=1S/C19H14N4O6S2/c1-28-17(25)11-5-3-10(4-6-11)14-8-7-12(29-14)9-13-15(20)23-18(21-16(13)24)30-22-19(23)31(2,26)27/h3-9,20H,1-2H3/b13-9-,20-15?. The second-order valence-corrected chi connectivity index (χ2v) is 9.09. The molecule has 0 bridgehead atoms. The number of aliphatic imine (C=N–C) groups is 1. The van der Waals surface area contributed by atoms with Crippen molar-refractivity contribution in [2.24, 2.45) is 9.39 Å². The van der Waals surface area contributed by atoms with Gasteiger partial charge in [-0.1, -0.05) is 12.1 Å². The van der Waals surface area contributed by atoms with E-state index in [2.05, 4.69) is 14.1 Å². The molecule has 2 aromatic rings. The van der Waals surface area contributed by atoms with Crippen LogP contribution in [0.1, 0.15) is 16.1 Å². The summed E-state index contributed by atoms with van der Waals surface area (Å²) < 4.78 is 38.1. The number of amidine groups is 3. The molecule has 3 heterocycles. The van der Waals surface area contributed by atoms with Gasteiger partial charge in [0, 0.05) is 11.8 Å². The van der Waals surface area contributed by atoms with Gasteiger partial charge in [0.25, 0.3) is 5.91 Å². The van der Waals surface area contributed by atoms with Crippen LogP contribution in [0.25, 0.3) is 17.4 Å². The van der Waals surface area contributed by atoms with Crippen molar-refractivity contribution in [3.8, 4) is 11.3 Å². The molecular weight excluding hydrogens is 444 g/mol. The molecule has 1 aromatic carbocycles. The van der Waals surface area contributed by atoms with Crippen molar-refractivity contribution in [3.63, 3.8) is 0 Å². The van der Waals surface area contributed by atoms with E-state index < -0.39 is 21.7 Å². The lowest BCUT2D eigenvalue weighted by Gasteiger charge is -2.23. The first-order chi connectivity index (χ1) is 14.7. The fourth-order valence-electron chi connectivity index (χ4n) is 2.85. The fraction of sp³-hybridized carbons (Fsp3) is 0.105. The van der Waals surface area contributed by atoms with Crippen LogP contribution in [0.3, 0.4) is 0 Å². The van der Waals surface area contributed by atoms with Crippen LogP contribution < -0.4 is 0 Å². The zero-order valence-corrected chi connectivity index (χ0v) is 17.8. The van der Waals surface area contributed by atoms with Crippen LogP contribution >= 0.6 is 11.9 Å². The maximum atomic E-state index is 12.4. The lowest BCUT2D eigenvalue weighted by molar-refractivity contribution is -0.114. The van der Waals surface area contributed by atoms with Crippen LogP contribution in [0, 0.1) is 5.41 Å². The molecule has 2 aliphatic heterocycles. The van der Waals surface area contributed by atoms with Crippen LogP contribution in [0.4, 0.5) is 0 Å². The quantitative estimate of drug-likeness (QED) is 0.419. The molecule has 31 heavy (non-hydrogen) atoms. The number of methoxy groups -OCH3 is 1. The van der Waals surface area contributed by atoms with Gasteiger partial charge in [0.1, 0.15) is 17.4 Å². The highest BCUT2D eigenvalue weighted by Crippen LogP contribution is 2.30. The van der Waals surface area contributed by atoms with Crippen LogP contribution in [0.5, 0.6) is 0 Å². The molecule has 0 saturated heterocycles. The predicted octanol–water partition coefficient (Wildman–Crippen LogP) is 2.35. The summed E-state index contributed by atoms with van der Waals surface area (Å²) in [6, 6.07) is 9.82. The molecule has 1 amide bonds. The van der Waals surface area contributed by atoms with Crippen molar-refractivity contribution in [2.75, 3.05) is 13.4 Å². The highest BCUT2D eigenvalue weighted by Gasteiger charge is 2.41. The molecule has 158 valence electrons. The first-order valence-electron chi connectivity index (χ1n) is 8.66. The Bertz CT molecular complexity index is 1320. The number of hydrogen-bond donors (Lipinski definition) is 1. The number of rotatable bonds is 3. The van der Waals surface area contributed by atoms with Gasteiger partial charge in [-0.3, -0.25) is 10.2 Å². The smallest absolute Gasteiger partial charge is 0.337 e. The number of furan rings is 1. The maximum absolute atomic E-state index is 12.4. The van der Waals surface area contributed by atoms with Gasteiger partial charge in [-0.05, 0) is 30.3 Å². The highest BCUT2D eigenvalue weighted by atomic mass is 32.2. The van der Waals surface area contributed by atoms with E-state index in [1.54, 1.807) is 36.4 Å². The van der Waals surface area contributed by atoms with Crippen molar-refractivity contribution in [3.05, 3.63) is 53.3 Å². The zero-order chi connectivity index (χ0) is 22.3. The largest absolute Gasteiger partial charge is 0.465 e. The van der Waals surface area contributed by atoms with E-state index >= 15 is 0 Å². The zero-order valence-electron chi connectivity index (χ0n) is 16.1. The van der Waals surface area contributed by atoms with Crippen molar-refractivity contribution < 1.29 is 27.2 Å². The van der Waals surface area contributed by atoms with Gasteiger partial charge in [0.05, 0.1) is 30.2 Å². The molecule has 0 fully saturated rings. The minimum atomic E-state index is -3.72. The first-order valence-corrected chi connectivity index (χ1v) is 11.3. The summed E-state index contributed by atoms with van der Waals surface area (Å²) >= 11 is 0.723. The molecule has 0 spiro atoms. The van der Waals surface area contributed by atoms with Gasteiger partial charge in [-0.25, -0.2) is 18.1 Å². The minimum Gasteiger partial charge on any atom is -0.465 e. The van der Waals surface area contributed by atoms with Crippen LogP contribution in [-0.2, 0) is 19.4 Å². The average molecular weight is 458 g/mol. The minimum absolute atomic E-state index is 0.0124. The molecule has 1 aromatic heterocycles. The van der Waals surface area contributed by atoms with Crippen LogP contribution in [0.2, 0.25) is 0 Å². The summed E-state index contributed by atoms with van der Waals surface area (Å²) in [5.41, 5.74) is 0.941. The second-order valence-electron chi connectivity index (χ2n) is 6.45. The summed E-state index contributed by atoms with van der Waals surface area (Å²) in [7, 11) is -2.43. The van der Waals surface area contributed by atoms with Crippen molar-refractivity contribution in [1.82, 2.24) is 4.90 Å². The third-order valence-corrected chi connectivity index (χ3v) is 6.08. The highest BCUT2D eigenvalue weighted by molar-refractivity contribution is 8.16. The molecule has 12 heteroatoms. The average Bonchev–Trinajstić information content (AvgIpc) is 3.37. The molecule has 0 unspecified atom stereocenters. The van der Waals surface area contributed by atoms with E-state index in [1.807, 2.05) is 0 Å². The van der Waals surface area contributed by atoms with Crippen LogP contribution in [0.15, 0.2) is 55.8 Å². The molecule has 0 radical (unpaired) electrons. The number of fused-ring (bicyclic) bond motifs is 1. The second kappa shape index (κ2) is 7.63.